The Hall–Kier alpha value is -0.323. The highest BCUT2D eigenvalue weighted by Crippen LogP contribution is 2.28. The monoisotopic (exact) mass is 256 g/mol. The Labute approximate surface area is 94.7 Å². The van der Waals surface area contributed by atoms with Crippen LogP contribution in [0.2, 0.25) is 6.04 Å². The van der Waals surface area contributed by atoms with Crippen molar-refractivity contribution in [1.29, 1.82) is 0 Å². The normalized spacial score (nSPS) is 10.4. The van der Waals surface area contributed by atoms with E-state index in [0.717, 1.165) is 0 Å². The molecule has 0 bridgehead atoms. The predicted molar refractivity (Wildman–Crippen MR) is 60.5 cm³/mol. The zero-order valence-corrected chi connectivity index (χ0v) is 11.0. The van der Waals surface area contributed by atoms with Gasteiger partial charge in [0.05, 0.1) is 21.3 Å². The molecule has 0 aliphatic rings. The smallest absolute Gasteiger partial charge is 0.318 e. The molecule has 14 heavy (non-hydrogen) atoms. The molecule has 0 saturated heterocycles. The first-order valence-corrected chi connectivity index (χ1v) is 8.18. The standard InChI is InChI=1S/C8H14Cl2O3Si/c1-5-14(9,10)6-7(11-2)8(12-3)13-4/h5H,1,6H2,2-4H3. The molecular weight excluding hydrogens is 243 g/mol. The van der Waals surface area contributed by atoms with E-state index in [1.54, 1.807) is 5.70 Å². The zero-order chi connectivity index (χ0) is 11.2. The summed E-state index contributed by atoms with van der Waals surface area (Å²) in [6.45, 7) is 1.08. The molecule has 0 radical (unpaired) electrons. The van der Waals surface area contributed by atoms with Crippen molar-refractivity contribution in [3.05, 3.63) is 24.0 Å². The average molecular weight is 257 g/mol. The van der Waals surface area contributed by atoms with E-state index in [4.69, 9.17) is 36.4 Å². The molecule has 6 heteroatoms. The fourth-order valence-electron chi connectivity index (χ4n) is 0.825. The van der Waals surface area contributed by atoms with Gasteiger partial charge in [-0.1, -0.05) is 5.70 Å². The van der Waals surface area contributed by atoms with Gasteiger partial charge in [0.25, 0.3) is 6.69 Å². The molecule has 0 aliphatic heterocycles. The van der Waals surface area contributed by atoms with Crippen LogP contribution in [-0.4, -0.2) is 28.0 Å². The van der Waals surface area contributed by atoms with Gasteiger partial charge in [0, 0.05) is 6.04 Å². The number of rotatable bonds is 6. The van der Waals surface area contributed by atoms with E-state index in [-0.39, 0.29) is 5.95 Å². The molecule has 0 heterocycles. The second-order valence-corrected chi connectivity index (χ2v) is 9.38. The Morgan fingerprint density at radius 2 is 1.71 bits per heavy atom. The fourth-order valence-corrected chi connectivity index (χ4v) is 2.41. The molecule has 0 spiro atoms. The molecule has 0 amide bonds. The van der Waals surface area contributed by atoms with Gasteiger partial charge in [0.15, 0.2) is 5.76 Å². The molecule has 0 aromatic heterocycles. The Morgan fingerprint density at radius 1 is 1.21 bits per heavy atom. The molecule has 0 N–H and O–H groups in total. The minimum absolute atomic E-state index is 0.285. The number of hydrogen-bond donors (Lipinski definition) is 0. The van der Waals surface area contributed by atoms with Crippen molar-refractivity contribution in [2.24, 2.45) is 0 Å². The summed E-state index contributed by atoms with van der Waals surface area (Å²) in [5, 5.41) is 0. The minimum atomic E-state index is -2.49. The van der Waals surface area contributed by atoms with Gasteiger partial charge in [0.2, 0.25) is 0 Å². The third kappa shape index (κ3) is 4.26. The Bertz CT molecular complexity index is 223. The van der Waals surface area contributed by atoms with E-state index in [1.165, 1.54) is 21.3 Å². The molecule has 0 aliphatic carbocycles. The van der Waals surface area contributed by atoms with E-state index >= 15 is 0 Å². The summed E-state index contributed by atoms with van der Waals surface area (Å²) in [5.41, 5.74) is 1.55. The highest BCUT2D eigenvalue weighted by Gasteiger charge is 2.29. The van der Waals surface area contributed by atoms with Crippen LogP contribution in [0.3, 0.4) is 0 Å². The molecule has 0 atom stereocenters. The summed E-state index contributed by atoms with van der Waals surface area (Å²) in [6, 6.07) is 0.368. The van der Waals surface area contributed by atoms with Gasteiger partial charge in [-0.25, -0.2) is 0 Å². The second kappa shape index (κ2) is 6.21. The highest BCUT2D eigenvalue weighted by atomic mass is 35.7. The van der Waals surface area contributed by atoms with Crippen LogP contribution in [0, 0.1) is 0 Å². The predicted octanol–water partition coefficient (Wildman–Crippen LogP) is 2.74. The second-order valence-electron chi connectivity index (χ2n) is 2.46. The topological polar surface area (TPSA) is 27.7 Å². The molecule has 3 nitrogen and oxygen atoms in total. The van der Waals surface area contributed by atoms with E-state index < -0.39 is 6.69 Å². The molecular formula is C8H14Cl2O3Si. The molecule has 0 aromatic carbocycles. The Kier molecular flexibility index (Phi) is 6.07. The van der Waals surface area contributed by atoms with Crippen LogP contribution in [0.1, 0.15) is 0 Å². The maximum absolute atomic E-state index is 6.01. The van der Waals surface area contributed by atoms with Crippen molar-refractivity contribution in [1.82, 2.24) is 0 Å². The average Bonchev–Trinajstić information content (AvgIpc) is 2.18. The van der Waals surface area contributed by atoms with Crippen LogP contribution in [0.5, 0.6) is 0 Å². The number of halogens is 2. The lowest BCUT2D eigenvalue weighted by molar-refractivity contribution is 0.0693. The first-order valence-electron chi connectivity index (χ1n) is 3.87. The molecule has 0 saturated carbocycles. The van der Waals surface area contributed by atoms with Crippen LogP contribution < -0.4 is 0 Å². The lowest BCUT2D eigenvalue weighted by Crippen LogP contribution is -2.18. The fraction of sp³-hybridized carbons (Fsp3) is 0.500. The van der Waals surface area contributed by atoms with Crippen LogP contribution in [0.15, 0.2) is 24.0 Å². The SMILES string of the molecule is C=C[Si](Cl)(Cl)CC(OC)=C(OC)OC. The van der Waals surface area contributed by atoms with E-state index in [2.05, 4.69) is 6.58 Å². The summed E-state index contributed by atoms with van der Waals surface area (Å²) in [7, 11) is 4.48. The Balaban J connectivity index is 4.73. The van der Waals surface area contributed by atoms with E-state index in [9.17, 15) is 0 Å². The summed E-state index contributed by atoms with van der Waals surface area (Å²) in [6.07, 6.45) is 0. The number of methoxy groups -OCH3 is 3. The summed E-state index contributed by atoms with van der Waals surface area (Å²) in [5.74, 6) is 0.777. The number of allylic oxidation sites excluding steroid dienone is 1. The largest absolute Gasteiger partial charge is 0.494 e. The lowest BCUT2D eigenvalue weighted by atomic mass is 10.6. The van der Waals surface area contributed by atoms with E-state index in [0.29, 0.717) is 11.8 Å². The van der Waals surface area contributed by atoms with Gasteiger partial charge in [0.1, 0.15) is 0 Å². The van der Waals surface area contributed by atoms with Crippen molar-refractivity contribution in [2.75, 3.05) is 21.3 Å². The number of ether oxygens (including phenoxy) is 3. The van der Waals surface area contributed by atoms with Gasteiger partial charge in [-0.15, -0.1) is 28.7 Å². The summed E-state index contributed by atoms with van der Waals surface area (Å²) in [4.78, 5) is 0. The van der Waals surface area contributed by atoms with Crippen molar-refractivity contribution < 1.29 is 14.2 Å². The summed E-state index contributed by atoms with van der Waals surface area (Å²) < 4.78 is 15.0. The third-order valence-electron chi connectivity index (χ3n) is 1.54. The van der Waals surface area contributed by atoms with Gasteiger partial charge in [-0.2, -0.15) is 0 Å². The molecule has 0 unspecified atom stereocenters. The lowest BCUT2D eigenvalue weighted by Gasteiger charge is -2.15. The molecule has 0 aromatic rings. The third-order valence-corrected chi connectivity index (χ3v) is 4.66. The van der Waals surface area contributed by atoms with Gasteiger partial charge >= 0.3 is 5.95 Å². The highest BCUT2D eigenvalue weighted by molar-refractivity contribution is 7.47. The quantitative estimate of drug-likeness (QED) is 0.416. The van der Waals surface area contributed by atoms with Crippen molar-refractivity contribution in [3.8, 4) is 0 Å². The maximum atomic E-state index is 6.01. The van der Waals surface area contributed by atoms with Crippen LogP contribution in [0.25, 0.3) is 0 Å². The van der Waals surface area contributed by atoms with Crippen molar-refractivity contribution in [3.63, 3.8) is 0 Å². The van der Waals surface area contributed by atoms with Crippen LogP contribution in [0.4, 0.5) is 0 Å². The Morgan fingerprint density at radius 3 is 2.00 bits per heavy atom. The maximum Gasteiger partial charge on any atom is 0.318 e. The van der Waals surface area contributed by atoms with Crippen molar-refractivity contribution >= 4 is 28.9 Å². The van der Waals surface area contributed by atoms with Crippen LogP contribution >= 0.6 is 22.2 Å². The van der Waals surface area contributed by atoms with Gasteiger partial charge in [-0.05, 0) is 0 Å². The zero-order valence-electron chi connectivity index (χ0n) is 8.47. The minimum Gasteiger partial charge on any atom is -0.494 e. The molecule has 0 fully saturated rings. The van der Waals surface area contributed by atoms with Crippen LogP contribution in [-0.2, 0) is 14.2 Å². The molecule has 82 valence electrons. The first-order chi connectivity index (χ1) is 6.50. The van der Waals surface area contributed by atoms with E-state index in [1.807, 2.05) is 0 Å². The number of hydrogen-bond acceptors (Lipinski definition) is 3. The summed E-state index contributed by atoms with van der Waals surface area (Å²) >= 11 is 12.0. The first kappa shape index (κ1) is 13.7. The van der Waals surface area contributed by atoms with Gasteiger partial charge < -0.3 is 14.2 Å². The van der Waals surface area contributed by atoms with Gasteiger partial charge in [-0.3, -0.25) is 0 Å². The van der Waals surface area contributed by atoms with Crippen molar-refractivity contribution in [2.45, 2.75) is 6.04 Å². The molecule has 0 rings (SSSR count).